The Balaban J connectivity index is 0.00000441. The van der Waals surface area contributed by atoms with Gasteiger partial charge in [-0.05, 0) is 44.4 Å². The largest absolute Gasteiger partial charge is 0.357 e. The van der Waals surface area contributed by atoms with E-state index < -0.39 is 0 Å². The van der Waals surface area contributed by atoms with Crippen LogP contribution >= 0.6 is 24.0 Å². The minimum absolute atomic E-state index is 0. The number of amides is 1. The van der Waals surface area contributed by atoms with E-state index >= 15 is 0 Å². The van der Waals surface area contributed by atoms with E-state index in [1.807, 2.05) is 13.8 Å². The average Bonchev–Trinajstić information content (AvgIpc) is 2.38. The minimum atomic E-state index is -0.0322. The van der Waals surface area contributed by atoms with Crippen LogP contribution in [0.2, 0.25) is 0 Å². The van der Waals surface area contributed by atoms with Crippen molar-refractivity contribution in [2.45, 2.75) is 53.4 Å². The van der Waals surface area contributed by atoms with Crippen molar-refractivity contribution in [3.8, 4) is 0 Å². The van der Waals surface area contributed by atoms with Gasteiger partial charge in [0.25, 0.3) is 0 Å². The summed E-state index contributed by atoms with van der Waals surface area (Å²) in [6, 6.07) is 0. The molecule has 0 radical (unpaired) electrons. The summed E-state index contributed by atoms with van der Waals surface area (Å²) < 4.78 is 0. The Morgan fingerprint density at radius 2 is 1.77 bits per heavy atom. The number of nitrogens with zero attached hydrogens (tertiary/aromatic N) is 1. The number of likely N-dealkylation sites (N-methyl/N-ethyl adjacent to an activating group) is 1. The molecule has 0 bridgehead atoms. The third kappa shape index (κ3) is 7.65. The second-order valence-corrected chi connectivity index (χ2v) is 6.45. The van der Waals surface area contributed by atoms with Gasteiger partial charge in [0, 0.05) is 19.6 Å². The molecule has 22 heavy (non-hydrogen) atoms. The van der Waals surface area contributed by atoms with Gasteiger partial charge in [-0.3, -0.25) is 4.79 Å². The second kappa shape index (κ2) is 11.1. The molecule has 5 nitrogen and oxygen atoms in total. The van der Waals surface area contributed by atoms with E-state index in [4.69, 9.17) is 0 Å². The fraction of sp³-hybridized carbons (Fsp3) is 0.875. The topological polar surface area (TPSA) is 65.5 Å². The van der Waals surface area contributed by atoms with Crippen LogP contribution in [-0.4, -0.2) is 38.0 Å². The lowest BCUT2D eigenvalue weighted by Gasteiger charge is -2.43. The van der Waals surface area contributed by atoms with Crippen LogP contribution in [0, 0.1) is 11.3 Å². The number of halogens is 1. The summed E-state index contributed by atoms with van der Waals surface area (Å²) in [6.07, 6.45) is 5.19. The van der Waals surface area contributed by atoms with Crippen LogP contribution in [0.25, 0.3) is 0 Å². The maximum Gasteiger partial charge on any atom is 0.241 e. The van der Waals surface area contributed by atoms with E-state index in [2.05, 4.69) is 34.8 Å². The maximum atomic E-state index is 11.5. The third-order valence-corrected chi connectivity index (χ3v) is 3.99. The third-order valence-electron chi connectivity index (χ3n) is 3.99. The van der Waals surface area contributed by atoms with Gasteiger partial charge in [-0.1, -0.05) is 20.3 Å². The van der Waals surface area contributed by atoms with Gasteiger partial charge in [0.2, 0.25) is 5.91 Å². The van der Waals surface area contributed by atoms with Gasteiger partial charge < -0.3 is 16.0 Å². The molecule has 0 saturated heterocycles. The standard InChI is InChI=1S/C16H32N4O.HI/c1-5-17-14(21)11-19-15(18-6-2)20-12-16(8-7-9-16)10-13(3)4;/h13H,5-12H2,1-4H3,(H,17,21)(H2,18,19,20);1H. The van der Waals surface area contributed by atoms with E-state index in [0.29, 0.717) is 12.0 Å². The highest BCUT2D eigenvalue weighted by atomic mass is 127. The minimum Gasteiger partial charge on any atom is -0.357 e. The number of aliphatic imine (C=N–C) groups is 1. The number of hydrogen-bond acceptors (Lipinski definition) is 2. The summed E-state index contributed by atoms with van der Waals surface area (Å²) in [5.41, 5.74) is 0.427. The second-order valence-electron chi connectivity index (χ2n) is 6.45. The predicted octanol–water partition coefficient (Wildman–Crippen LogP) is 2.51. The predicted molar refractivity (Wildman–Crippen MR) is 104 cm³/mol. The number of carbonyl (C=O) groups excluding carboxylic acids is 1. The molecule has 0 atom stereocenters. The number of nitrogens with one attached hydrogen (secondary N) is 3. The van der Waals surface area contributed by atoms with Crippen LogP contribution < -0.4 is 16.0 Å². The highest BCUT2D eigenvalue weighted by molar-refractivity contribution is 14.0. The zero-order valence-electron chi connectivity index (χ0n) is 14.5. The fourth-order valence-electron chi connectivity index (χ4n) is 3.01. The van der Waals surface area contributed by atoms with Crippen molar-refractivity contribution < 1.29 is 4.79 Å². The molecule has 0 aromatic heterocycles. The quantitative estimate of drug-likeness (QED) is 0.319. The molecule has 130 valence electrons. The highest BCUT2D eigenvalue weighted by Gasteiger charge is 2.37. The van der Waals surface area contributed by atoms with Crippen LogP contribution in [0.3, 0.4) is 0 Å². The number of guanidine groups is 1. The van der Waals surface area contributed by atoms with Crippen LogP contribution in [-0.2, 0) is 4.79 Å². The van der Waals surface area contributed by atoms with Crippen LogP contribution in [0.4, 0.5) is 0 Å². The average molecular weight is 424 g/mol. The molecule has 0 aromatic carbocycles. The Bertz CT molecular complexity index is 354. The number of hydrogen-bond donors (Lipinski definition) is 3. The monoisotopic (exact) mass is 424 g/mol. The molecule has 0 aromatic rings. The van der Waals surface area contributed by atoms with E-state index in [1.54, 1.807) is 0 Å². The van der Waals surface area contributed by atoms with E-state index in [0.717, 1.165) is 25.0 Å². The summed E-state index contributed by atoms with van der Waals surface area (Å²) in [4.78, 5) is 15.8. The summed E-state index contributed by atoms with van der Waals surface area (Å²) in [5, 5.41) is 9.40. The zero-order chi connectivity index (χ0) is 15.7. The van der Waals surface area contributed by atoms with Crippen molar-refractivity contribution in [1.29, 1.82) is 0 Å². The maximum absolute atomic E-state index is 11.5. The Labute approximate surface area is 152 Å². The Morgan fingerprint density at radius 1 is 1.14 bits per heavy atom. The van der Waals surface area contributed by atoms with Crippen LogP contribution in [0.15, 0.2) is 4.99 Å². The molecule has 1 aliphatic carbocycles. The summed E-state index contributed by atoms with van der Waals surface area (Å²) in [6.45, 7) is 11.1. The lowest BCUT2D eigenvalue weighted by molar-refractivity contribution is -0.119. The van der Waals surface area contributed by atoms with Crippen molar-refractivity contribution in [3.05, 3.63) is 0 Å². The van der Waals surface area contributed by atoms with E-state index in [9.17, 15) is 4.79 Å². The molecule has 0 unspecified atom stereocenters. The first-order valence-electron chi connectivity index (χ1n) is 8.30. The van der Waals surface area contributed by atoms with Crippen LogP contribution in [0.1, 0.15) is 53.4 Å². The fourth-order valence-corrected chi connectivity index (χ4v) is 3.01. The molecule has 1 amide bonds. The SMILES string of the molecule is CCNC(=O)CN=C(NCC)NCC1(CC(C)C)CCC1.I. The molecule has 6 heteroatoms. The summed E-state index contributed by atoms with van der Waals surface area (Å²) >= 11 is 0. The zero-order valence-corrected chi connectivity index (χ0v) is 16.8. The molecule has 1 fully saturated rings. The molecule has 0 spiro atoms. The van der Waals surface area contributed by atoms with Gasteiger partial charge in [0.05, 0.1) is 0 Å². The molecule has 1 rings (SSSR count). The van der Waals surface area contributed by atoms with Crippen LogP contribution in [0.5, 0.6) is 0 Å². The lowest BCUT2D eigenvalue weighted by Crippen LogP contribution is -2.47. The molecule has 1 saturated carbocycles. The lowest BCUT2D eigenvalue weighted by atomic mass is 9.64. The van der Waals surface area contributed by atoms with Gasteiger partial charge in [-0.25, -0.2) is 4.99 Å². The molecule has 0 aliphatic heterocycles. The van der Waals surface area contributed by atoms with Crippen molar-refractivity contribution >= 4 is 35.8 Å². The van der Waals surface area contributed by atoms with Gasteiger partial charge in [0.15, 0.2) is 5.96 Å². The molecule has 1 aliphatic rings. The molecule has 0 heterocycles. The van der Waals surface area contributed by atoms with Crippen molar-refractivity contribution in [2.24, 2.45) is 16.3 Å². The Kier molecular flexibility index (Phi) is 10.8. The molecule has 3 N–H and O–H groups in total. The number of carbonyl (C=O) groups is 1. The highest BCUT2D eigenvalue weighted by Crippen LogP contribution is 2.45. The first-order valence-corrected chi connectivity index (χ1v) is 8.30. The summed E-state index contributed by atoms with van der Waals surface area (Å²) in [5.74, 6) is 1.44. The van der Waals surface area contributed by atoms with Crippen molar-refractivity contribution in [3.63, 3.8) is 0 Å². The van der Waals surface area contributed by atoms with Gasteiger partial charge >= 0.3 is 0 Å². The van der Waals surface area contributed by atoms with E-state index in [1.165, 1.54) is 25.7 Å². The molecular weight excluding hydrogens is 391 g/mol. The van der Waals surface area contributed by atoms with Gasteiger partial charge in [-0.2, -0.15) is 0 Å². The van der Waals surface area contributed by atoms with Crippen molar-refractivity contribution in [1.82, 2.24) is 16.0 Å². The first kappa shape index (κ1) is 21.5. The normalized spacial score (nSPS) is 16.5. The van der Waals surface area contributed by atoms with Gasteiger partial charge in [-0.15, -0.1) is 24.0 Å². The first-order chi connectivity index (χ1) is 10.0. The molecular formula is C16H33IN4O. The van der Waals surface area contributed by atoms with Gasteiger partial charge in [0.1, 0.15) is 6.54 Å². The van der Waals surface area contributed by atoms with Crippen molar-refractivity contribution in [2.75, 3.05) is 26.2 Å². The summed E-state index contributed by atoms with van der Waals surface area (Å²) in [7, 11) is 0. The number of rotatable bonds is 8. The van der Waals surface area contributed by atoms with E-state index in [-0.39, 0.29) is 36.4 Å². The smallest absolute Gasteiger partial charge is 0.241 e. The Morgan fingerprint density at radius 3 is 2.23 bits per heavy atom. The Hall–Kier alpha value is -0.530.